The Balaban J connectivity index is 0.00000352. The van der Waals surface area contributed by atoms with Gasteiger partial charge < -0.3 is 14.6 Å². The Labute approximate surface area is 165 Å². The zero-order chi connectivity index (χ0) is 21.7. The van der Waals surface area contributed by atoms with Crippen molar-refractivity contribution in [3.8, 4) is 11.8 Å². The molecule has 0 aromatic heterocycles. The van der Waals surface area contributed by atoms with E-state index in [1.807, 2.05) is 6.92 Å². The molecule has 7 nitrogen and oxygen atoms in total. The summed E-state index contributed by atoms with van der Waals surface area (Å²) in [7, 11) is 0. The summed E-state index contributed by atoms with van der Waals surface area (Å²) < 4.78 is 10.6. The Hall–Kier alpha value is -2.95. The monoisotopic (exact) mass is 389 g/mol. The van der Waals surface area contributed by atoms with Gasteiger partial charge in [0, 0.05) is 18.6 Å². The summed E-state index contributed by atoms with van der Waals surface area (Å²) >= 11 is 0. The fourth-order valence-corrected chi connectivity index (χ4v) is 2.04. The van der Waals surface area contributed by atoms with Crippen molar-refractivity contribution in [3.63, 3.8) is 0 Å². The minimum Gasteiger partial charge on any atom is -0.441 e. The van der Waals surface area contributed by atoms with Crippen molar-refractivity contribution in [2.45, 2.75) is 51.6 Å². The summed E-state index contributed by atoms with van der Waals surface area (Å²) in [6.45, 7) is 14.5. The van der Waals surface area contributed by atoms with E-state index in [9.17, 15) is 20.0 Å². The molecule has 0 aliphatic heterocycles. The highest BCUT2D eigenvalue weighted by Gasteiger charge is 2.16. The topological polar surface area (TPSA) is 98.9 Å². The maximum atomic E-state index is 12.0. The molecule has 0 heterocycles. The molecule has 0 aliphatic carbocycles. The van der Waals surface area contributed by atoms with E-state index < -0.39 is 22.8 Å². The molecule has 1 N–H and O–H groups in total. The van der Waals surface area contributed by atoms with Crippen molar-refractivity contribution in [1.82, 2.24) is 0 Å². The summed E-state index contributed by atoms with van der Waals surface area (Å²) in [5, 5.41) is 20.2. The second-order valence-corrected chi connectivity index (χ2v) is 6.10. The molecule has 28 heavy (non-hydrogen) atoms. The number of nitrogens with zero attached hydrogens (tertiary/aromatic N) is 1. The van der Waals surface area contributed by atoms with Gasteiger partial charge in [-0.3, -0.25) is 10.1 Å². The fraction of sp³-hybridized carbons (Fsp3) is 0.381. The third kappa shape index (κ3) is 10.3. The lowest BCUT2D eigenvalue weighted by molar-refractivity contribution is -0.384. The zero-order valence-electron chi connectivity index (χ0n) is 16.5. The molecule has 0 aliphatic rings. The normalized spacial score (nSPS) is 12.3. The molecule has 0 bridgehead atoms. The number of ether oxygens (including phenoxy) is 2. The van der Waals surface area contributed by atoms with Crippen LogP contribution in [0.4, 0.5) is 5.69 Å². The Morgan fingerprint density at radius 3 is 2.39 bits per heavy atom. The van der Waals surface area contributed by atoms with Gasteiger partial charge in [-0.1, -0.05) is 18.4 Å². The lowest BCUT2D eigenvalue weighted by Gasteiger charge is -2.23. The number of esters is 1. The molecule has 1 rings (SSSR count). The molecule has 0 saturated carbocycles. The van der Waals surface area contributed by atoms with Crippen LogP contribution in [0.3, 0.4) is 0 Å². The molecule has 2 atom stereocenters. The number of aliphatic hydroxyl groups is 1. The average Bonchev–Trinajstić information content (AvgIpc) is 2.64. The van der Waals surface area contributed by atoms with E-state index in [1.165, 1.54) is 30.3 Å². The van der Waals surface area contributed by atoms with Crippen molar-refractivity contribution in [2.75, 3.05) is 0 Å². The summed E-state index contributed by atoms with van der Waals surface area (Å²) in [6.07, 6.45) is 1.54. The largest absolute Gasteiger partial charge is 0.441 e. The number of nitro groups is 1. The van der Waals surface area contributed by atoms with Gasteiger partial charge >= 0.3 is 5.97 Å². The molecule has 152 valence electrons. The molecule has 0 spiro atoms. The first-order valence-corrected chi connectivity index (χ1v) is 8.59. The Morgan fingerprint density at radius 2 is 1.93 bits per heavy atom. The van der Waals surface area contributed by atoms with Crippen LogP contribution in [0.5, 0.6) is 0 Å². The predicted molar refractivity (Wildman–Crippen MR) is 108 cm³/mol. The fourth-order valence-electron chi connectivity index (χ4n) is 2.04. The number of hydrogen-bond donors (Lipinski definition) is 1. The zero-order valence-corrected chi connectivity index (χ0v) is 16.5. The molecule has 0 saturated heterocycles. The molecule has 1 aromatic rings. The number of carbonyl (C=O) groups is 1. The van der Waals surface area contributed by atoms with Crippen LogP contribution in [0.25, 0.3) is 0 Å². The maximum Gasteiger partial charge on any atom is 0.339 e. The second-order valence-electron chi connectivity index (χ2n) is 6.10. The molecule has 0 amide bonds. The van der Waals surface area contributed by atoms with Crippen LogP contribution < -0.4 is 0 Å². The van der Waals surface area contributed by atoms with Gasteiger partial charge in [-0.2, -0.15) is 0 Å². The van der Waals surface area contributed by atoms with Gasteiger partial charge in [-0.25, -0.2) is 4.79 Å². The van der Waals surface area contributed by atoms with Crippen LogP contribution in [0.15, 0.2) is 50.1 Å². The number of nitro benzene ring substituents is 1. The lowest BCUT2D eigenvalue weighted by atomic mass is 10.2. The SMILES string of the molecule is C=C.C=CC(C#CCCC(C)OC(C)(C)O)OC(=O)c1ccc([N+](=O)[O-])cc1. The number of hydrogen-bond acceptors (Lipinski definition) is 6. The molecule has 7 heteroatoms. The van der Waals surface area contributed by atoms with Crippen molar-refractivity contribution in [3.05, 3.63) is 65.8 Å². The van der Waals surface area contributed by atoms with Gasteiger partial charge in [0.1, 0.15) is 0 Å². The minimum absolute atomic E-state index is 0.107. The summed E-state index contributed by atoms with van der Waals surface area (Å²) in [5.41, 5.74) is 0.0838. The lowest BCUT2D eigenvalue weighted by Crippen LogP contribution is -2.28. The minimum atomic E-state index is -1.20. The van der Waals surface area contributed by atoms with Crippen LogP contribution >= 0.6 is 0 Å². The number of carbonyl (C=O) groups excluding carboxylic acids is 1. The summed E-state index contributed by atoms with van der Waals surface area (Å²) in [5.74, 6) is 3.83. The predicted octanol–water partition coefficient (Wildman–Crippen LogP) is 4.03. The summed E-state index contributed by atoms with van der Waals surface area (Å²) in [4.78, 5) is 22.1. The van der Waals surface area contributed by atoms with Crippen molar-refractivity contribution >= 4 is 11.7 Å². The number of rotatable bonds is 8. The first-order valence-electron chi connectivity index (χ1n) is 8.59. The van der Waals surface area contributed by atoms with Gasteiger partial charge in [0.15, 0.2) is 11.9 Å². The first kappa shape index (κ1) is 25.1. The van der Waals surface area contributed by atoms with E-state index in [2.05, 4.69) is 31.6 Å². The van der Waals surface area contributed by atoms with E-state index in [4.69, 9.17) is 9.47 Å². The first-order chi connectivity index (χ1) is 13.1. The van der Waals surface area contributed by atoms with Crippen molar-refractivity contribution in [1.29, 1.82) is 0 Å². The van der Waals surface area contributed by atoms with Crippen LogP contribution in [0.1, 0.15) is 44.0 Å². The van der Waals surface area contributed by atoms with Crippen molar-refractivity contribution < 1.29 is 24.3 Å². The Morgan fingerprint density at radius 1 is 1.36 bits per heavy atom. The van der Waals surface area contributed by atoms with E-state index in [0.29, 0.717) is 12.8 Å². The van der Waals surface area contributed by atoms with Gasteiger partial charge in [-0.15, -0.1) is 13.2 Å². The third-order valence-corrected chi connectivity index (χ3v) is 3.17. The molecular formula is C21H27NO6. The van der Waals surface area contributed by atoms with Gasteiger partial charge in [-0.05, 0) is 45.4 Å². The average molecular weight is 389 g/mol. The number of non-ortho nitro benzene ring substituents is 1. The molecule has 2 unspecified atom stereocenters. The van der Waals surface area contributed by atoms with Crippen LogP contribution in [-0.2, 0) is 9.47 Å². The molecule has 0 radical (unpaired) electrons. The van der Waals surface area contributed by atoms with Crippen LogP contribution in [0, 0.1) is 22.0 Å². The molecular weight excluding hydrogens is 362 g/mol. The van der Waals surface area contributed by atoms with Gasteiger partial charge in [0.05, 0.1) is 16.6 Å². The summed E-state index contributed by atoms with van der Waals surface area (Å²) in [6, 6.07) is 5.11. The van der Waals surface area contributed by atoms with Crippen LogP contribution in [0.2, 0.25) is 0 Å². The molecule has 0 fully saturated rings. The smallest absolute Gasteiger partial charge is 0.339 e. The number of benzene rings is 1. The van der Waals surface area contributed by atoms with Gasteiger partial charge in [0.2, 0.25) is 0 Å². The van der Waals surface area contributed by atoms with Crippen molar-refractivity contribution in [2.24, 2.45) is 0 Å². The van der Waals surface area contributed by atoms with E-state index in [1.54, 1.807) is 13.8 Å². The highest BCUT2D eigenvalue weighted by molar-refractivity contribution is 5.90. The standard InChI is InChI=1S/C19H23NO6.C2H4/c1-5-17(9-7-6-8-14(2)26-19(3,4)22)25-18(21)15-10-12-16(13-11-15)20(23)24;1-2/h5,10-14,17,22H,1,6,8H2,2-4H3;1-2H2. The van der Waals surface area contributed by atoms with E-state index >= 15 is 0 Å². The molecule has 1 aromatic carbocycles. The quantitative estimate of drug-likeness (QED) is 0.180. The maximum absolute atomic E-state index is 12.0. The Bertz CT molecular complexity index is 709. The van der Waals surface area contributed by atoms with Gasteiger partial charge in [0.25, 0.3) is 5.69 Å². The van der Waals surface area contributed by atoms with E-state index in [-0.39, 0.29) is 17.4 Å². The van der Waals surface area contributed by atoms with Crippen LogP contribution in [-0.4, -0.2) is 34.0 Å². The highest BCUT2D eigenvalue weighted by atomic mass is 16.6. The highest BCUT2D eigenvalue weighted by Crippen LogP contribution is 2.14. The van der Waals surface area contributed by atoms with E-state index in [0.717, 1.165) is 0 Å². The second kappa shape index (κ2) is 12.4. The Kier molecular flexibility index (Phi) is 11.1. The third-order valence-electron chi connectivity index (χ3n) is 3.17.